The number of alkyl carbamates (subject to hydrolysis) is 1. The van der Waals surface area contributed by atoms with Crippen LogP contribution in [0.4, 0.5) is 4.79 Å². The van der Waals surface area contributed by atoms with Gasteiger partial charge in [0.1, 0.15) is 17.7 Å². The average molecular weight is 513 g/mol. The van der Waals surface area contributed by atoms with Crippen molar-refractivity contribution < 1.29 is 23.9 Å². The lowest BCUT2D eigenvalue weighted by Gasteiger charge is -2.33. The van der Waals surface area contributed by atoms with Gasteiger partial charge in [-0.05, 0) is 65.0 Å². The first-order chi connectivity index (χ1) is 17.3. The van der Waals surface area contributed by atoms with Gasteiger partial charge in [-0.25, -0.2) is 4.79 Å². The van der Waals surface area contributed by atoms with E-state index in [1.54, 1.807) is 20.8 Å². The van der Waals surface area contributed by atoms with Crippen molar-refractivity contribution in [1.82, 2.24) is 15.5 Å². The Labute approximate surface area is 219 Å². The van der Waals surface area contributed by atoms with Crippen LogP contribution >= 0.6 is 0 Å². The Morgan fingerprint density at radius 2 is 1.81 bits per heavy atom. The number of ether oxygens (including phenoxy) is 1. The van der Waals surface area contributed by atoms with Crippen LogP contribution in [0.5, 0.6) is 0 Å². The van der Waals surface area contributed by atoms with E-state index < -0.39 is 41.5 Å². The van der Waals surface area contributed by atoms with Gasteiger partial charge in [0.15, 0.2) is 0 Å². The van der Waals surface area contributed by atoms with Crippen molar-refractivity contribution >= 4 is 23.8 Å². The summed E-state index contributed by atoms with van der Waals surface area (Å²) >= 11 is 0. The first-order valence-corrected chi connectivity index (χ1v) is 12.8. The molecule has 9 nitrogen and oxygen atoms in total. The number of carbonyl (C=O) groups excluding carboxylic acids is 4. The number of amides is 4. The van der Waals surface area contributed by atoms with Crippen molar-refractivity contribution in [3.8, 4) is 12.5 Å². The number of rotatable bonds is 9. The molecule has 1 fully saturated rings. The summed E-state index contributed by atoms with van der Waals surface area (Å²) in [6.45, 7) is 8.80. The van der Waals surface area contributed by atoms with Crippen molar-refractivity contribution in [2.24, 2.45) is 5.73 Å². The molecule has 1 aliphatic rings. The maximum Gasteiger partial charge on any atom is 0.408 e. The Kier molecular flexibility index (Phi) is 10.5. The topological polar surface area (TPSA) is 131 Å². The number of aryl methyl sites for hydroxylation is 2. The quantitative estimate of drug-likeness (QED) is 0.345. The molecule has 0 saturated heterocycles. The predicted octanol–water partition coefficient (Wildman–Crippen LogP) is 3.37. The van der Waals surface area contributed by atoms with E-state index in [0.717, 1.165) is 48.1 Å². The Morgan fingerprint density at radius 3 is 2.38 bits per heavy atom. The minimum absolute atomic E-state index is 0.00543. The van der Waals surface area contributed by atoms with Gasteiger partial charge >= 0.3 is 6.09 Å². The predicted molar refractivity (Wildman–Crippen MR) is 141 cm³/mol. The first-order valence-electron chi connectivity index (χ1n) is 12.8. The van der Waals surface area contributed by atoms with Crippen molar-refractivity contribution in [1.29, 1.82) is 0 Å². The fourth-order valence-corrected chi connectivity index (χ4v) is 4.41. The molecule has 2 atom stereocenters. The van der Waals surface area contributed by atoms with Gasteiger partial charge < -0.3 is 21.1 Å². The summed E-state index contributed by atoms with van der Waals surface area (Å²) in [4.78, 5) is 52.5. The van der Waals surface area contributed by atoms with Crippen molar-refractivity contribution in [3.63, 3.8) is 0 Å². The van der Waals surface area contributed by atoms with Gasteiger partial charge in [0.25, 0.3) is 5.91 Å². The van der Waals surface area contributed by atoms with E-state index in [4.69, 9.17) is 16.9 Å². The minimum atomic E-state index is -1.23. The Balaban J connectivity index is 2.45. The third kappa shape index (κ3) is 9.12. The number of carbonyl (C=O) groups is 4. The molecule has 202 valence electrons. The molecule has 4 amide bonds. The zero-order valence-corrected chi connectivity index (χ0v) is 22.6. The number of hydrogen-bond donors (Lipinski definition) is 3. The van der Waals surface area contributed by atoms with Gasteiger partial charge in [-0.15, -0.1) is 0 Å². The molecule has 1 aromatic carbocycles. The minimum Gasteiger partial charge on any atom is -0.444 e. The molecular weight excluding hydrogens is 472 g/mol. The van der Waals surface area contributed by atoms with E-state index in [9.17, 15) is 19.2 Å². The number of primary amides is 1. The van der Waals surface area contributed by atoms with Crippen molar-refractivity contribution in [2.75, 3.05) is 0 Å². The van der Waals surface area contributed by atoms with Gasteiger partial charge in [0.2, 0.25) is 11.8 Å². The Hall–Kier alpha value is -3.54. The largest absolute Gasteiger partial charge is 0.444 e. The molecular formula is C28H40N4O5. The van der Waals surface area contributed by atoms with Gasteiger partial charge in [-0.3, -0.25) is 19.3 Å². The summed E-state index contributed by atoms with van der Waals surface area (Å²) in [7, 11) is 0. The van der Waals surface area contributed by atoms with E-state index in [0.29, 0.717) is 5.56 Å². The lowest BCUT2D eigenvalue weighted by Crippen LogP contribution is -2.52. The summed E-state index contributed by atoms with van der Waals surface area (Å²) in [6, 6.07) is 5.62. The third-order valence-electron chi connectivity index (χ3n) is 6.23. The molecule has 4 N–H and O–H groups in total. The number of nitrogens with zero attached hydrogens (tertiary/aromatic N) is 1. The normalized spacial score (nSPS) is 15.6. The molecule has 9 heteroatoms. The number of hydrogen-bond acceptors (Lipinski definition) is 5. The molecule has 0 spiro atoms. The molecule has 0 radical (unpaired) electrons. The van der Waals surface area contributed by atoms with Crippen molar-refractivity contribution in [3.05, 3.63) is 34.9 Å². The van der Waals surface area contributed by atoms with Crippen LogP contribution < -0.4 is 16.4 Å². The van der Waals surface area contributed by atoms with Gasteiger partial charge in [-0.2, -0.15) is 0 Å². The summed E-state index contributed by atoms with van der Waals surface area (Å²) in [5.41, 5.74) is 6.78. The van der Waals surface area contributed by atoms with Gasteiger partial charge in [0.05, 0.1) is 0 Å². The number of benzene rings is 1. The molecule has 0 heterocycles. The Bertz CT molecular complexity index is 1030. The van der Waals surface area contributed by atoms with Crippen LogP contribution in [0.25, 0.3) is 0 Å². The standard InChI is InChI=1S/C28H40N4O5/c1-7-32(26(35)22(15-16-23(29)33)31-27(36)37-28(4,5)6)24(21-17-18(2)13-14-19(21)3)25(34)30-20-11-9-8-10-12-20/h1,13-14,17,20,22,24H,8-12,15-16H2,2-6H3,(H2,29,33)(H,30,34)(H,31,36). The van der Waals surface area contributed by atoms with Crippen LogP contribution in [-0.4, -0.2) is 46.4 Å². The van der Waals surface area contributed by atoms with Crippen LogP contribution in [-0.2, 0) is 19.1 Å². The highest BCUT2D eigenvalue weighted by Crippen LogP contribution is 2.28. The second kappa shape index (κ2) is 13.1. The van der Waals surface area contributed by atoms with E-state index in [-0.39, 0.29) is 18.9 Å². The maximum atomic E-state index is 13.8. The molecule has 0 aromatic heterocycles. The lowest BCUT2D eigenvalue weighted by molar-refractivity contribution is -0.139. The summed E-state index contributed by atoms with van der Waals surface area (Å²) in [6.07, 6.45) is 9.60. The second-order valence-corrected chi connectivity index (χ2v) is 10.6. The molecule has 0 bridgehead atoms. The van der Waals surface area contributed by atoms with E-state index in [2.05, 4.69) is 16.7 Å². The Morgan fingerprint density at radius 1 is 1.16 bits per heavy atom. The van der Waals surface area contributed by atoms with Crippen LogP contribution in [0.3, 0.4) is 0 Å². The van der Waals surface area contributed by atoms with E-state index in [1.165, 1.54) is 0 Å². The highest BCUT2D eigenvalue weighted by Gasteiger charge is 2.37. The number of terminal acetylenes is 1. The van der Waals surface area contributed by atoms with Crippen LogP contribution in [0.15, 0.2) is 18.2 Å². The van der Waals surface area contributed by atoms with E-state index in [1.807, 2.05) is 32.0 Å². The third-order valence-corrected chi connectivity index (χ3v) is 6.23. The zero-order valence-electron chi connectivity index (χ0n) is 22.6. The first kappa shape index (κ1) is 29.7. The molecule has 1 aromatic rings. The fourth-order valence-electron chi connectivity index (χ4n) is 4.41. The molecule has 37 heavy (non-hydrogen) atoms. The lowest BCUT2D eigenvalue weighted by atomic mass is 9.93. The highest BCUT2D eigenvalue weighted by atomic mass is 16.6. The fraction of sp³-hybridized carbons (Fsp3) is 0.571. The van der Waals surface area contributed by atoms with E-state index >= 15 is 0 Å². The van der Waals surface area contributed by atoms with Gasteiger partial charge in [-0.1, -0.05) is 49.4 Å². The summed E-state index contributed by atoms with van der Waals surface area (Å²) in [5, 5.41) is 5.59. The average Bonchev–Trinajstić information content (AvgIpc) is 2.80. The monoisotopic (exact) mass is 512 g/mol. The molecule has 1 aliphatic carbocycles. The number of nitrogens with one attached hydrogen (secondary N) is 2. The number of nitrogens with two attached hydrogens (primary N) is 1. The maximum absolute atomic E-state index is 13.8. The highest BCUT2D eigenvalue weighted by molar-refractivity contribution is 5.94. The van der Waals surface area contributed by atoms with Gasteiger partial charge in [0, 0.05) is 18.5 Å². The summed E-state index contributed by atoms with van der Waals surface area (Å²) < 4.78 is 5.30. The molecule has 2 unspecified atom stereocenters. The zero-order chi connectivity index (χ0) is 27.8. The molecule has 0 aliphatic heterocycles. The smallest absolute Gasteiger partial charge is 0.408 e. The molecule has 2 rings (SSSR count). The van der Waals surface area contributed by atoms with Crippen LogP contribution in [0, 0.1) is 26.3 Å². The summed E-state index contributed by atoms with van der Waals surface area (Å²) in [5.74, 6) is -1.74. The van der Waals surface area contributed by atoms with Crippen LogP contribution in [0.1, 0.15) is 88.4 Å². The second-order valence-electron chi connectivity index (χ2n) is 10.6. The van der Waals surface area contributed by atoms with Crippen LogP contribution in [0.2, 0.25) is 0 Å². The SMILES string of the molecule is C#CN(C(=O)C(CCC(N)=O)NC(=O)OC(C)(C)C)C(C(=O)NC1CCCCC1)c1cc(C)ccc1C. The molecule has 1 saturated carbocycles. The van der Waals surface area contributed by atoms with Crippen molar-refractivity contribution in [2.45, 2.75) is 103 Å².